The summed E-state index contributed by atoms with van der Waals surface area (Å²) in [7, 11) is 0. The molecule has 7 amide bonds. The van der Waals surface area contributed by atoms with Crippen molar-refractivity contribution >= 4 is 93.7 Å². The van der Waals surface area contributed by atoms with Crippen LogP contribution < -0.4 is 43.0 Å². The summed E-state index contributed by atoms with van der Waals surface area (Å²) < 4.78 is 0. The van der Waals surface area contributed by atoms with Gasteiger partial charge in [0.1, 0.15) is 42.3 Å². The van der Waals surface area contributed by atoms with Gasteiger partial charge in [0.15, 0.2) is 0 Å². The molecule has 4 aromatic carbocycles. The number of nitrogens with zero attached hydrogens (tertiary/aromatic N) is 1. The van der Waals surface area contributed by atoms with Crippen molar-refractivity contribution < 1.29 is 63.3 Å². The molecule has 0 saturated heterocycles. The van der Waals surface area contributed by atoms with Crippen molar-refractivity contribution in [2.45, 2.75) is 99.7 Å². The van der Waals surface area contributed by atoms with Gasteiger partial charge in [-0.1, -0.05) is 97.1 Å². The number of imidazole rings is 1. The highest BCUT2D eigenvalue weighted by atomic mass is 32.1. The number of H-pyrrole nitrogens is 3. The summed E-state index contributed by atoms with van der Waals surface area (Å²) >= 11 is 4.06. The van der Waals surface area contributed by atoms with E-state index in [1.807, 2.05) is 12.1 Å². The summed E-state index contributed by atoms with van der Waals surface area (Å²) in [6, 6.07) is 19.3. The summed E-state index contributed by atoms with van der Waals surface area (Å²) in [4.78, 5) is 149. The first kappa shape index (κ1) is 61.8. The van der Waals surface area contributed by atoms with Crippen LogP contribution in [-0.4, -0.2) is 149 Å². The van der Waals surface area contributed by atoms with Crippen LogP contribution in [0.3, 0.4) is 0 Å². The molecular weight excluding hydrogens is 1100 g/mol. The Kier molecular flexibility index (Phi) is 21.9. The number of amides is 7. The number of aliphatic carboxylic acids is 3. The van der Waals surface area contributed by atoms with Gasteiger partial charge in [-0.05, 0) is 40.8 Å². The lowest BCUT2D eigenvalue weighted by Gasteiger charge is -2.28. The summed E-state index contributed by atoms with van der Waals surface area (Å²) in [5, 5.41) is 48.3. The van der Waals surface area contributed by atoms with Crippen molar-refractivity contribution in [3.05, 3.63) is 162 Å². The van der Waals surface area contributed by atoms with Crippen LogP contribution in [-0.2, 0) is 80.0 Å². The maximum Gasteiger partial charge on any atom is 0.327 e. The zero-order valence-electron chi connectivity index (χ0n) is 45.1. The molecule has 0 aliphatic carbocycles. The molecule has 0 bridgehead atoms. The molecule has 3 aromatic heterocycles. The van der Waals surface area contributed by atoms with E-state index in [1.165, 1.54) is 12.5 Å². The molecule has 7 rings (SSSR count). The first-order valence-corrected chi connectivity index (χ1v) is 27.3. The zero-order valence-corrected chi connectivity index (χ0v) is 46.0. The van der Waals surface area contributed by atoms with Gasteiger partial charge in [0.2, 0.25) is 41.4 Å². The Balaban J connectivity index is 1.20. The maximum atomic E-state index is 15.0. The Labute approximate surface area is 485 Å². The molecule has 0 aliphatic rings. The second-order valence-electron chi connectivity index (χ2n) is 19.9. The molecular formula is C58H64N12O13S. The van der Waals surface area contributed by atoms with Crippen molar-refractivity contribution in [2.24, 2.45) is 5.73 Å². The minimum Gasteiger partial charge on any atom is -0.481 e. The molecule has 15 N–H and O–H groups in total. The third-order valence-corrected chi connectivity index (χ3v) is 14.1. The average Bonchev–Trinajstić information content (AvgIpc) is 4.22. The molecule has 0 radical (unpaired) electrons. The van der Waals surface area contributed by atoms with Crippen molar-refractivity contribution in [3.63, 3.8) is 0 Å². The van der Waals surface area contributed by atoms with Gasteiger partial charge < -0.3 is 73.2 Å². The lowest BCUT2D eigenvalue weighted by Crippen LogP contribution is -2.61. The summed E-state index contributed by atoms with van der Waals surface area (Å²) in [5.74, 6) is -11.0. The van der Waals surface area contributed by atoms with Crippen LogP contribution in [0.25, 0.3) is 21.8 Å². The molecule has 0 spiro atoms. The molecule has 0 saturated carbocycles. The van der Waals surface area contributed by atoms with E-state index < -0.39 is 120 Å². The number of nitrogens with two attached hydrogens (primary N) is 1. The largest absolute Gasteiger partial charge is 0.481 e. The minimum atomic E-state index is -1.81. The molecule has 26 heteroatoms. The second-order valence-corrected chi connectivity index (χ2v) is 20.2. The highest BCUT2D eigenvalue weighted by Gasteiger charge is 2.36. The SMILES string of the molecule is N[C@@H](CCC(=O)O)C(=O)N[C@@H](CC(=O)O)C(=O)N[C@@H](Cc1c[nH]c2ccccc12)C(=O)N[C@@H](Cc1ccccc1)C(=O)N[C@@H](Cc1ccccc1)C(=O)N[C@@H](Cc1c[nH]c2ccccc12)C(=O)N[C@@H](Cc1cnc[nH]1)C(=O)N[C@@H](CS)C(=O)O. The lowest BCUT2D eigenvalue weighted by atomic mass is 9.99. The lowest BCUT2D eigenvalue weighted by molar-refractivity contribution is -0.142. The monoisotopic (exact) mass is 1170 g/mol. The molecule has 0 unspecified atom stereocenters. The van der Waals surface area contributed by atoms with Crippen molar-refractivity contribution in [2.75, 3.05) is 5.75 Å². The first-order valence-electron chi connectivity index (χ1n) is 26.7. The number of aromatic amines is 3. The number of para-hydroxylation sites is 2. The summed E-state index contributed by atoms with van der Waals surface area (Å²) in [6.45, 7) is 0. The van der Waals surface area contributed by atoms with E-state index in [4.69, 9.17) is 10.8 Å². The normalized spacial score (nSPS) is 14.0. The third-order valence-electron chi connectivity index (χ3n) is 13.7. The molecule has 0 aliphatic heterocycles. The smallest absolute Gasteiger partial charge is 0.327 e. The van der Waals surface area contributed by atoms with Gasteiger partial charge in [0, 0.05) is 90.4 Å². The topological polar surface area (TPSA) is 402 Å². The van der Waals surface area contributed by atoms with Crippen molar-refractivity contribution in [1.82, 2.24) is 57.2 Å². The Morgan fingerprint density at radius 1 is 0.464 bits per heavy atom. The van der Waals surface area contributed by atoms with Gasteiger partial charge in [-0.3, -0.25) is 43.2 Å². The number of hydrogen-bond donors (Lipinski definition) is 15. The predicted molar refractivity (Wildman–Crippen MR) is 309 cm³/mol. The van der Waals surface area contributed by atoms with E-state index in [0.29, 0.717) is 49.8 Å². The molecule has 7 aromatic rings. The number of benzene rings is 4. The summed E-state index contributed by atoms with van der Waals surface area (Å²) in [6.07, 6.45) is 3.31. The number of rotatable bonds is 31. The first-order chi connectivity index (χ1) is 40.3. The van der Waals surface area contributed by atoms with Gasteiger partial charge in [-0.25, -0.2) is 9.78 Å². The zero-order chi connectivity index (χ0) is 60.3. The van der Waals surface area contributed by atoms with Crippen LogP contribution in [0, 0.1) is 0 Å². The molecule has 0 fully saturated rings. The van der Waals surface area contributed by atoms with E-state index in [0.717, 1.165) is 0 Å². The third kappa shape index (κ3) is 17.6. The highest BCUT2D eigenvalue weighted by molar-refractivity contribution is 7.80. The maximum absolute atomic E-state index is 15.0. The number of carboxylic acid groups (broad SMARTS) is 3. The summed E-state index contributed by atoms with van der Waals surface area (Å²) in [5.41, 5.74) is 9.92. The van der Waals surface area contributed by atoms with E-state index >= 15 is 9.59 Å². The van der Waals surface area contributed by atoms with Crippen molar-refractivity contribution in [1.29, 1.82) is 0 Å². The van der Waals surface area contributed by atoms with Crippen molar-refractivity contribution in [3.8, 4) is 0 Å². The fourth-order valence-electron chi connectivity index (χ4n) is 9.30. The van der Waals surface area contributed by atoms with Crippen LogP contribution in [0.2, 0.25) is 0 Å². The number of carbonyl (C=O) groups is 10. The fourth-order valence-corrected chi connectivity index (χ4v) is 9.54. The van der Waals surface area contributed by atoms with Gasteiger partial charge >= 0.3 is 17.9 Å². The molecule has 440 valence electrons. The van der Waals surface area contributed by atoms with E-state index in [9.17, 15) is 48.6 Å². The van der Waals surface area contributed by atoms with Gasteiger partial charge in [0.25, 0.3) is 0 Å². The highest BCUT2D eigenvalue weighted by Crippen LogP contribution is 2.22. The van der Waals surface area contributed by atoms with Crippen LogP contribution >= 0.6 is 12.6 Å². The predicted octanol–water partition coefficient (Wildman–Crippen LogP) is 0.960. The number of carboxylic acids is 3. The van der Waals surface area contributed by atoms with E-state index in [2.05, 4.69) is 69.8 Å². The molecule has 25 nitrogen and oxygen atoms in total. The number of hydrogen-bond acceptors (Lipinski definition) is 13. The molecule has 84 heavy (non-hydrogen) atoms. The van der Waals surface area contributed by atoms with Gasteiger partial charge in [-0.15, -0.1) is 0 Å². The van der Waals surface area contributed by atoms with Crippen LogP contribution in [0.4, 0.5) is 0 Å². The Bertz CT molecular complexity index is 3450. The van der Waals surface area contributed by atoms with E-state index in [-0.39, 0.29) is 44.3 Å². The number of fused-ring (bicyclic) bond motifs is 2. The van der Waals surface area contributed by atoms with Crippen LogP contribution in [0.15, 0.2) is 134 Å². The number of carbonyl (C=O) groups excluding carboxylic acids is 7. The average molecular weight is 1170 g/mol. The van der Waals surface area contributed by atoms with E-state index in [1.54, 1.807) is 109 Å². The van der Waals surface area contributed by atoms with Gasteiger partial charge in [0.05, 0.1) is 18.8 Å². The second kappa shape index (κ2) is 29.8. The van der Waals surface area contributed by atoms with Gasteiger partial charge in [-0.2, -0.15) is 12.6 Å². The van der Waals surface area contributed by atoms with Crippen LogP contribution in [0.1, 0.15) is 47.2 Å². The number of aromatic nitrogens is 4. The quantitative estimate of drug-likeness (QED) is 0.0269. The molecule has 3 heterocycles. The number of thiol groups is 1. The van der Waals surface area contributed by atoms with Crippen LogP contribution in [0.5, 0.6) is 0 Å². The molecule has 8 atom stereocenters. The number of nitrogens with one attached hydrogen (secondary N) is 10. The Morgan fingerprint density at radius 3 is 1.26 bits per heavy atom. The standard InChI is InChI=1S/C58H64N12O13S/c59-39(19-20-49(71)72)51(75)64-47(26-50(73)74)57(81)68-44(23-34-27-61-40-17-9-7-15-37(34)40)54(78)66-42(21-32-11-3-1-4-12-32)52(76)65-43(22-33-13-5-2-6-14-33)53(77)67-45(24-35-28-62-41-18-10-8-16-38(35)41)55(79)69-46(25-36-29-60-31-63-36)56(80)70-48(30-84)58(82)83/h1-18,27-29,31,39,42-48,61-62,84H,19-26,30,59H2,(H,60,63)(H,64,75)(H,65,76)(H,66,78)(H,67,77)(H,68,81)(H,69,79)(H,70,80)(H,71,72)(H,73,74)(H,82,83)/t39-,42-,43-,44-,45-,46-,47-,48-/m0/s1. The minimum absolute atomic E-state index is 0.160. The Morgan fingerprint density at radius 2 is 0.857 bits per heavy atom. The Hall–Kier alpha value is -9.82. The fraction of sp³-hybridized carbons (Fsp3) is 0.293.